The van der Waals surface area contributed by atoms with E-state index in [4.69, 9.17) is 5.11 Å². The summed E-state index contributed by atoms with van der Waals surface area (Å²) >= 11 is 1.79. The van der Waals surface area contributed by atoms with E-state index in [9.17, 15) is 0 Å². The molecule has 0 aliphatic rings. The lowest BCUT2D eigenvalue weighted by Gasteiger charge is -2.10. The first-order valence-electron chi connectivity index (χ1n) is 6.05. The first-order chi connectivity index (χ1) is 8.60. The van der Waals surface area contributed by atoms with Gasteiger partial charge in [0.15, 0.2) is 0 Å². The Labute approximate surface area is 113 Å². The molecule has 18 heavy (non-hydrogen) atoms. The van der Waals surface area contributed by atoms with Crippen LogP contribution in [0.4, 0.5) is 0 Å². The van der Waals surface area contributed by atoms with Crippen molar-refractivity contribution in [2.45, 2.75) is 37.2 Å². The SMILES string of the molecule is Cc1ccc(C)c(Sc2ccc(CO)cc2C)c1. The molecule has 0 atom stereocenters. The van der Waals surface area contributed by atoms with Crippen molar-refractivity contribution in [3.05, 3.63) is 58.7 Å². The monoisotopic (exact) mass is 258 g/mol. The fourth-order valence-corrected chi connectivity index (χ4v) is 2.93. The van der Waals surface area contributed by atoms with Crippen molar-refractivity contribution in [1.82, 2.24) is 0 Å². The fourth-order valence-electron chi connectivity index (χ4n) is 1.86. The number of benzene rings is 2. The second-order valence-electron chi connectivity index (χ2n) is 4.63. The van der Waals surface area contributed by atoms with Crippen LogP contribution in [-0.2, 0) is 6.61 Å². The summed E-state index contributed by atoms with van der Waals surface area (Å²) in [5.41, 5.74) is 4.77. The zero-order valence-electron chi connectivity index (χ0n) is 11.0. The number of hydrogen-bond donors (Lipinski definition) is 1. The summed E-state index contributed by atoms with van der Waals surface area (Å²) in [7, 11) is 0. The summed E-state index contributed by atoms with van der Waals surface area (Å²) in [5.74, 6) is 0. The van der Waals surface area contributed by atoms with Crippen molar-refractivity contribution in [2.24, 2.45) is 0 Å². The van der Waals surface area contributed by atoms with Crippen molar-refractivity contribution in [1.29, 1.82) is 0 Å². The van der Waals surface area contributed by atoms with Gasteiger partial charge in [0.1, 0.15) is 0 Å². The van der Waals surface area contributed by atoms with Crippen LogP contribution in [0.25, 0.3) is 0 Å². The Morgan fingerprint density at radius 2 is 1.67 bits per heavy atom. The van der Waals surface area contributed by atoms with E-state index in [-0.39, 0.29) is 6.61 Å². The Morgan fingerprint density at radius 3 is 2.33 bits per heavy atom. The summed E-state index contributed by atoms with van der Waals surface area (Å²) in [4.78, 5) is 2.55. The smallest absolute Gasteiger partial charge is 0.0681 e. The van der Waals surface area contributed by atoms with E-state index in [2.05, 4.69) is 45.0 Å². The van der Waals surface area contributed by atoms with Gasteiger partial charge in [-0.05, 0) is 55.2 Å². The summed E-state index contributed by atoms with van der Waals surface area (Å²) in [5, 5.41) is 9.12. The van der Waals surface area contributed by atoms with Gasteiger partial charge in [-0.1, -0.05) is 36.0 Å². The Kier molecular flexibility index (Phi) is 4.10. The first-order valence-corrected chi connectivity index (χ1v) is 6.87. The van der Waals surface area contributed by atoms with Gasteiger partial charge in [-0.15, -0.1) is 0 Å². The quantitative estimate of drug-likeness (QED) is 0.888. The molecule has 1 N–H and O–H groups in total. The van der Waals surface area contributed by atoms with Crippen LogP contribution in [-0.4, -0.2) is 5.11 Å². The molecule has 0 aliphatic carbocycles. The van der Waals surface area contributed by atoms with Crippen LogP contribution in [0.2, 0.25) is 0 Å². The molecule has 1 nitrogen and oxygen atoms in total. The Hall–Kier alpha value is -1.25. The minimum atomic E-state index is 0.106. The van der Waals surface area contributed by atoms with E-state index in [0.717, 1.165) is 5.56 Å². The number of hydrogen-bond acceptors (Lipinski definition) is 2. The average Bonchev–Trinajstić information content (AvgIpc) is 2.36. The normalized spacial score (nSPS) is 10.7. The van der Waals surface area contributed by atoms with Crippen LogP contribution >= 0.6 is 11.8 Å². The van der Waals surface area contributed by atoms with Crippen LogP contribution in [0.5, 0.6) is 0 Å². The van der Waals surface area contributed by atoms with Crippen LogP contribution in [0, 0.1) is 20.8 Å². The maximum atomic E-state index is 9.12. The zero-order valence-corrected chi connectivity index (χ0v) is 11.8. The number of aryl methyl sites for hydroxylation is 3. The van der Waals surface area contributed by atoms with Gasteiger partial charge in [-0.3, -0.25) is 0 Å². The standard InChI is InChI=1S/C16H18OS/c1-11-4-5-12(2)16(8-11)18-15-7-6-14(10-17)9-13(15)3/h4-9,17H,10H2,1-3H3. The molecule has 0 aliphatic heterocycles. The predicted octanol–water partition coefficient (Wildman–Crippen LogP) is 4.26. The van der Waals surface area contributed by atoms with Gasteiger partial charge < -0.3 is 5.11 Å². The summed E-state index contributed by atoms with van der Waals surface area (Å²) in [6.07, 6.45) is 0. The topological polar surface area (TPSA) is 20.2 Å². The second-order valence-corrected chi connectivity index (χ2v) is 5.71. The molecule has 94 valence electrons. The van der Waals surface area contributed by atoms with E-state index in [0.29, 0.717) is 0 Å². The van der Waals surface area contributed by atoms with E-state index in [1.165, 1.54) is 26.5 Å². The highest BCUT2D eigenvalue weighted by Gasteiger charge is 2.05. The molecule has 0 fully saturated rings. The Balaban J connectivity index is 2.31. The largest absolute Gasteiger partial charge is 0.392 e. The van der Waals surface area contributed by atoms with E-state index in [1.807, 2.05) is 12.1 Å². The molecule has 0 heterocycles. The van der Waals surface area contributed by atoms with Gasteiger partial charge in [-0.25, -0.2) is 0 Å². The van der Waals surface area contributed by atoms with Crippen LogP contribution in [0.1, 0.15) is 22.3 Å². The van der Waals surface area contributed by atoms with E-state index in [1.54, 1.807) is 11.8 Å². The van der Waals surface area contributed by atoms with Gasteiger partial charge in [0.05, 0.1) is 6.61 Å². The summed E-state index contributed by atoms with van der Waals surface area (Å²) < 4.78 is 0. The van der Waals surface area contributed by atoms with Crippen LogP contribution < -0.4 is 0 Å². The zero-order chi connectivity index (χ0) is 13.1. The van der Waals surface area contributed by atoms with Gasteiger partial charge >= 0.3 is 0 Å². The maximum Gasteiger partial charge on any atom is 0.0681 e. The van der Waals surface area contributed by atoms with Gasteiger partial charge in [0.25, 0.3) is 0 Å². The molecular weight excluding hydrogens is 240 g/mol. The summed E-state index contributed by atoms with van der Waals surface area (Å²) in [6.45, 7) is 6.45. The van der Waals surface area contributed by atoms with Crippen molar-refractivity contribution >= 4 is 11.8 Å². The van der Waals surface area contributed by atoms with E-state index >= 15 is 0 Å². The molecule has 0 bridgehead atoms. The first kappa shape index (κ1) is 13.2. The molecule has 0 radical (unpaired) electrons. The Bertz CT molecular complexity index is 561. The lowest BCUT2D eigenvalue weighted by Crippen LogP contribution is -1.88. The van der Waals surface area contributed by atoms with Gasteiger partial charge in [-0.2, -0.15) is 0 Å². The number of aliphatic hydroxyl groups excluding tert-OH is 1. The minimum Gasteiger partial charge on any atom is -0.392 e. The number of aliphatic hydroxyl groups is 1. The molecule has 2 aromatic rings. The van der Waals surface area contributed by atoms with E-state index < -0.39 is 0 Å². The molecule has 2 rings (SSSR count). The lowest BCUT2D eigenvalue weighted by molar-refractivity contribution is 0.281. The van der Waals surface area contributed by atoms with Crippen molar-refractivity contribution in [3.63, 3.8) is 0 Å². The predicted molar refractivity (Wildman–Crippen MR) is 77.1 cm³/mol. The molecule has 0 unspecified atom stereocenters. The Morgan fingerprint density at radius 1 is 0.889 bits per heavy atom. The van der Waals surface area contributed by atoms with Gasteiger partial charge in [0.2, 0.25) is 0 Å². The van der Waals surface area contributed by atoms with Crippen molar-refractivity contribution < 1.29 is 5.11 Å². The van der Waals surface area contributed by atoms with Crippen molar-refractivity contribution in [3.8, 4) is 0 Å². The highest BCUT2D eigenvalue weighted by molar-refractivity contribution is 7.99. The second kappa shape index (κ2) is 5.59. The molecule has 2 heteroatoms. The highest BCUT2D eigenvalue weighted by Crippen LogP contribution is 2.33. The fraction of sp³-hybridized carbons (Fsp3) is 0.250. The van der Waals surface area contributed by atoms with Crippen molar-refractivity contribution in [2.75, 3.05) is 0 Å². The maximum absolute atomic E-state index is 9.12. The van der Waals surface area contributed by atoms with Crippen LogP contribution in [0.15, 0.2) is 46.2 Å². The molecule has 0 spiro atoms. The third-order valence-corrected chi connectivity index (χ3v) is 4.32. The molecular formula is C16H18OS. The third-order valence-electron chi connectivity index (χ3n) is 2.99. The summed E-state index contributed by atoms with van der Waals surface area (Å²) in [6, 6.07) is 12.6. The molecule has 2 aromatic carbocycles. The van der Waals surface area contributed by atoms with Gasteiger partial charge in [0, 0.05) is 9.79 Å². The molecule has 0 saturated heterocycles. The molecule has 0 saturated carbocycles. The third kappa shape index (κ3) is 2.95. The molecule has 0 amide bonds. The average molecular weight is 258 g/mol. The molecule has 0 aromatic heterocycles. The lowest BCUT2D eigenvalue weighted by atomic mass is 10.1. The number of rotatable bonds is 3. The minimum absolute atomic E-state index is 0.106. The van der Waals surface area contributed by atoms with Crippen LogP contribution in [0.3, 0.4) is 0 Å². The highest BCUT2D eigenvalue weighted by atomic mass is 32.2.